The number of nitro groups is 1. The highest BCUT2D eigenvalue weighted by Gasteiger charge is 2.23. The SMILES string of the molecule is CN(CCC1CC1)c1ccc(F)cc1[N+](=O)[O-]. The smallest absolute Gasteiger partial charge is 0.295 e. The summed E-state index contributed by atoms with van der Waals surface area (Å²) in [6, 6.07) is 3.71. The third kappa shape index (κ3) is 2.93. The van der Waals surface area contributed by atoms with E-state index < -0.39 is 10.7 Å². The van der Waals surface area contributed by atoms with Gasteiger partial charge in [-0.2, -0.15) is 0 Å². The normalized spacial score (nSPS) is 14.7. The average molecular weight is 238 g/mol. The molecule has 0 bridgehead atoms. The number of nitro benzene ring substituents is 1. The molecule has 1 aromatic carbocycles. The fraction of sp³-hybridized carbons (Fsp3) is 0.500. The number of nitrogens with zero attached hydrogens (tertiary/aromatic N) is 2. The maximum absolute atomic E-state index is 13.0. The molecule has 1 saturated carbocycles. The second-order valence-electron chi connectivity index (χ2n) is 4.54. The van der Waals surface area contributed by atoms with E-state index in [0.29, 0.717) is 5.69 Å². The molecule has 4 nitrogen and oxygen atoms in total. The quantitative estimate of drug-likeness (QED) is 0.585. The molecular weight excluding hydrogens is 223 g/mol. The van der Waals surface area contributed by atoms with E-state index in [0.717, 1.165) is 24.9 Å². The summed E-state index contributed by atoms with van der Waals surface area (Å²) < 4.78 is 13.0. The third-order valence-corrected chi connectivity index (χ3v) is 3.12. The van der Waals surface area contributed by atoms with E-state index in [-0.39, 0.29) is 5.69 Å². The van der Waals surface area contributed by atoms with Crippen LogP contribution in [-0.2, 0) is 0 Å². The molecule has 0 atom stereocenters. The van der Waals surface area contributed by atoms with Crippen LogP contribution in [0.4, 0.5) is 15.8 Å². The number of hydrogen-bond acceptors (Lipinski definition) is 3. The van der Waals surface area contributed by atoms with Crippen LogP contribution in [0.1, 0.15) is 19.3 Å². The Hall–Kier alpha value is -1.65. The Bertz CT molecular complexity index is 433. The molecule has 5 heteroatoms. The molecule has 2 rings (SSSR count). The molecule has 1 aromatic rings. The molecule has 0 N–H and O–H groups in total. The van der Waals surface area contributed by atoms with Gasteiger partial charge in [-0.25, -0.2) is 4.39 Å². The van der Waals surface area contributed by atoms with E-state index in [1.165, 1.54) is 25.0 Å². The summed E-state index contributed by atoms with van der Waals surface area (Å²) in [6.07, 6.45) is 3.57. The lowest BCUT2D eigenvalue weighted by atomic mass is 10.2. The molecule has 0 heterocycles. The Morgan fingerprint density at radius 3 is 2.82 bits per heavy atom. The maximum Gasteiger partial charge on any atom is 0.295 e. The number of benzene rings is 1. The Morgan fingerprint density at radius 2 is 2.24 bits per heavy atom. The van der Waals surface area contributed by atoms with E-state index in [1.807, 2.05) is 11.9 Å². The first-order valence-corrected chi connectivity index (χ1v) is 5.73. The maximum atomic E-state index is 13.0. The highest BCUT2D eigenvalue weighted by molar-refractivity contribution is 5.62. The van der Waals surface area contributed by atoms with Gasteiger partial charge in [0.2, 0.25) is 0 Å². The van der Waals surface area contributed by atoms with Gasteiger partial charge < -0.3 is 4.90 Å². The lowest BCUT2D eigenvalue weighted by Crippen LogP contribution is -2.20. The van der Waals surface area contributed by atoms with E-state index >= 15 is 0 Å². The largest absolute Gasteiger partial charge is 0.369 e. The van der Waals surface area contributed by atoms with E-state index in [1.54, 1.807) is 0 Å². The van der Waals surface area contributed by atoms with Crippen molar-refractivity contribution in [3.8, 4) is 0 Å². The minimum atomic E-state index is -0.573. The van der Waals surface area contributed by atoms with Gasteiger partial charge in [-0.1, -0.05) is 12.8 Å². The van der Waals surface area contributed by atoms with Crippen LogP contribution in [0.5, 0.6) is 0 Å². The van der Waals surface area contributed by atoms with Crippen molar-refractivity contribution >= 4 is 11.4 Å². The number of hydrogen-bond donors (Lipinski definition) is 0. The first kappa shape index (κ1) is 11.8. The molecule has 17 heavy (non-hydrogen) atoms. The Balaban J connectivity index is 2.14. The zero-order valence-corrected chi connectivity index (χ0v) is 9.73. The van der Waals surface area contributed by atoms with Gasteiger partial charge in [-0.3, -0.25) is 10.1 Å². The second kappa shape index (κ2) is 4.69. The Labute approximate surface area is 99.2 Å². The summed E-state index contributed by atoms with van der Waals surface area (Å²) in [5.41, 5.74) is 0.320. The van der Waals surface area contributed by atoms with Crippen molar-refractivity contribution in [2.75, 3.05) is 18.5 Å². The van der Waals surface area contributed by atoms with E-state index in [4.69, 9.17) is 0 Å². The van der Waals surface area contributed by atoms with Crippen LogP contribution < -0.4 is 4.90 Å². The van der Waals surface area contributed by atoms with Crippen LogP contribution in [-0.4, -0.2) is 18.5 Å². The molecule has 0 saturated heterocycles. The lowest BCUT2D eigenvalue weighted by Gasteiger charge is -2.18. The lowest BCUT2D eigenvalue weighted by molar-refractivity contribution is -0.384. The van der Waals surface area contributed by atoms with E-state index in [9.17, 15) is 14.5 Å². The summed E-state index contributed by atoms with van der Waals surface area (Å²) in [6.45, 7) is 0.775. The van der Waals surface area contributed by atoms with Crippen LogP contribution in [0.25, 0.3) is 0 Å². The summed E-state index contributed by atoms with van der Waals surface area (Å²) in [5, 5.41) is 10.8. The van der Waals surface area contributed by atoms with Crippen molar-refractivity contribution in [1.29, 1.82) is 0 Å². The van der Waals surface area contributed by atoms with Gasteiger partial charge in [0, 0.05) is 13.6 Å². The minimum absolute atomic E-state index is 0.164. The van der Waals surface area contributed by atoms with Crippen LogP contribution >= 0.6 is 0 Å². The van der Waals surface area contributed by atoms with Gasteiger partial charge in [-0.05, 0) is 24.5 Å². The minimum Gasteiger partial charge on any atom is -0.369 e. The molecule has 1 aliphatic carbocycles. The standard InChI is InChI=1S/C12H15FN2O2/c1-14(7-6-9-2-3-9)11-5-4-10(13)8-12(11)15(16)17/h4-5,8-9H,2-3,6-7H2,1H3. The van der Waals surface area contributed by atoms with Crippen LogP contribution in [0, 0.1) is 21.8 Å². The molecule has 0 spiro atoms. The molecule has 1 aliphatic rings. The van der Waals surface area contributed by atoms with Crippen LogP contribution in [0.15, 0.2) is 18.2 Å². The van der Waals surface area contributed by atoms with Crippen molar-refractivity contribution in [3.05, 3.63) is 34.1 Å². The predicted molar refractivity (Wildman–Crippen MR) is 63.7 cm³/mol. The topological polar surface area (TPSA) is 46.4 Å². The second-order valence-corrected chi connectivity index (χ2v) is 4.54. The first-order valence-electron chi connectivity index (χ1n) is 5.73. The van der Waals surface area contributed by atoms with E-state index in [2.05, 4.69) is 0 Å². The summed E-state index contributed by atoms with van der Waals surface area (Å²) >= 11 is 0. The van der Waals surface area contributed by atoms with Crippen molar-refractivity contribution in [3.63, 3.8) is 0 Å². The van der Waals surface area contributed by atoms with Gasteiger partial charge in [-0.15, -0.1) is 0 Å². The number of rotatable bonds is 5. The molecule has 0 radical (unpaired) electrons. The summed E-state index contributed by atoms with van der Waals surface area (Å²) in [7, 11) is 1.81. The fourth-order valence-electron chi connectivity index (χ4n) is 1.87. The van der Waals surface area contributed by atoms with Crippen molar-refractivity contribution < 1.29 is 9.31 Å². The molecule has 0 unspecified atom stereocenters. The average Bonchev–Trinajstić information content (AvgIpc) is 3.09. The van der Waals surface area contributed by atoms with Gasteiger partial charge in [0.1, 0.15) is 11.5 Å². The van der Waals surface area contributed by atoms with Gasteiger partial charge in [0.15, 0.2) is 0 Å². The van der Waals surface area contributed by atoms with Crippen LogP contribution in [0.2, 0.25) is 0 Å². The molecule has 0 aromatic heterocycles. The highest BCUT2D eigenvalue weighted by Crippen LogP contribution is 2.34. The molecule has 0 aliphatic heterocycles. The molecule has 92 valence electrons. The Kier molecular flexibility index (Phi) is 3.26. The first-order chi connectivity index (χ1) is 8.08. The fourth-order valence-corrected chi connectivity index (χ4v) is 1.87. The van der Waals surface area contributed by atoms with Gasteiger partial charge in [0.05, 0.1) is 11.0 Å². The third-order valence-electron chi connectivity index (χ3n) is 3.12. The summed E-state index contributed by atoms with van der Waals surface area (Å²) in [4.78, 5) is 12.1. The van der Waals surface area contributed by atoms with Crippen molar-refractivity contribution in [2.24, 2.45) is 5.92 Å². The monoisotopic (exact) mass is 238 g/mol. The van der Waals surface area contributed by atoms with Crippen molar-refractivity contribution in [1.82, 2.24) is 0 Å². The van der Waals surface area contributed by atoms with Crippen molar-refractivity contribution in [2.45, 2.75) is 19.3 Å². The molecule has 1 fully saturated rings. The predicted octanol–water partition coefficient (Wildman–Crippen LogP) is 2.97. The zero-order chi connectivity index (χ0) is 12.4. The molecular formula is C12H15FN2O2. The summed E-state index contributed by atoms with van der Waals surface area (Å²) in [5.74, 6) is 0.202. The zero-order valence-electron chi connectivity index (χ0n) is 9.73. The number of anilines is 1. The number of halogens is 1. The molecule has 0 amide bonds. The van der Waals surface area contributed by atoms with Gasteiger partial charge >= 0.3 is 0 Å². The highest BCUT2D eigenvalue weighted by atomic mass is 19.1. The Morgan fingerprint density at radius 1 is 1.53 bits per heavy atom. The van der Waals surface area contributed by atoms with Crippen LogP contribution in [0.3, 0.4) is 0 Å². The van der Waals surface area contributed by atoms with Gasteiger partial charge in [0.25, 0.3) is 5.69 Å².